The Morgan fingerprint density at radius 2 is 1.60 bits per heavy atom. The van der Waals surface area contributed by atoms with E-state index in [2.05, 4.69) is 4.72 Å². The number of nitrogens with one attached hydrogen (secondary N) is 1. The van der Waals surface area contributed by atoms with E-state index < -0.39 is 15.6 Å². The molecule has 5 nitrogen and oxygen atoms in total. The zero-order valence-corrected chi connectivity index (χ0v) is 13.7. The van der Waals surface area contributed by atoms with Crippen LogP contribution in [0.3, 0.4) is 0 Å². The maximum atomic E-state index is 12.7. The van der Waals surface area contributed by atoms with Gasteiger partial charge in [0, 0.05) is 11.1 Å². The fourth-order valence-electron chi connectivity index (χ4n) is 2.55. The Kier molecular flexibility index (Phi) is 5.40. The molecule has 0 aromatic carbocycles. The summed E-state index contributed by atoms with van der Waals surface area (Å²) in [6, 6.07) is 0. The molecule has 2 N–H and O–H groups in total. The van der Waals surface area contributed by atoms with Crippen LogP contribution in [0.25, 0.3) is 0 Å². The van der Waals surface area contributed by atoms with Gasteiger partial charge in [-0.3, -0.25) is 0 Å². The zero-order valence-electron chi connectivity index (χ0n) is 12.9. The number of hydrogen-bond donors (Lipinski definition) is 2. The molecular weight excluding hydrogens is 278 g/mol. The van der Waals surface area contributed by atoms with Crippen molar-refractivity contribution >= 4 is 10.0 Å². The molecule has 1 aromatic heterocycles. The Balaban J connectivity index is 3.31. The standard InChI is InChI=1S/C14H25NO4S/c1-6-14(7-2,8-3)15-20(17,18)13-11(5)19-10(4)12(13)9-16/h15-16H,6-9H2,1-5H3. The largest absolute Gasteiger partial charge is 0.465 e. The highest BCUT2D eigenvalue weighted by atomic mass is 32.2. The van der Waals surface area contributed by atoms with E-state index in [0.717, 1.165) is 0 Å². The highest BCUT2D eigenvalue weighted by Crippen LogP contribution is 2.29. The molecule has 0 aliphatic rings. The predicted molar refractivity (Wildman–Crippen MR) is 78.0 cm³/mol. The summed E-state index contributed by atoms with van der Waals surface area (Å²) < 4.78 is 33.5. The van der Waals surface area contributed by atoms with Crippen molar-refractivity contribution < 1.29 is 17.9 Å². The maximum Gasteiger partial charge on any atom is 0.244 e. The summed E-state index contributed by atoms with van der Waals surface area (Å²) >= 11 is 0. The van der Waals surface area contributed by atoms with E-state index >= 15 is 0 Å². The van der Waals surface area contributed by atoms with Crippen molar-refractivity contribution in [3.8, 4) is 0 Å². The second-order valence-electron chi connectivity index (χ2n) is 5.13. The summed E-state index contributed by atoms with van der Waals surface area (Å²) in [5, 5.41) is 9.39. The summed E-state index contributed by atoms with van der Waals surface area (Å²) in [6.07, 6.45) is 2.14. The number of rotatable bonds is 7. The Hall–Kier alpha value is -0.850. The molecular formula is C14H25NO4S. The van der Waals surface area contributed by atoms with E-state index in [4.69, 9.17) is 4.42 Å². The third-order valence-electron chi connectivity index (χ3n) is 4.13. The number of sulfonamides is 1. The molecule has 116 valence electrons. The Morgan fingerprint density at radius 1 is 1.10 bits per heavy atom. The molecule has 1 aromatic rings. The normalized spacial score (nSPS) is 12.9. The second-order valence-corrected chi connectivity index (χ2v) is 6.75. The van der Waals surface area contributed by atoms with Crippen LogP contribution in [0.5, 0.6) is 0 Å². The third kappa shape index (κ3) is 3.07. The maximum absolute atomic E-state index is 12.7. The Labute approximate surface area is 121 Å². The Morgan fingerprint density at radius 3 is 2.00 bits per heavy atom. The zero-order chi connectivity index (χ0) is 15.6. The molecule has 0 radical (unpaired) electrons. The molecule has 0 aliphatic heterocycles. The summed E-state index contributed by atoms with van der Waals surface area (Å²) in [5.41, 5.74) is -0.115. The van der Waals surface area contributed by atoms with Gasteiger partial charge >= 0.3 is 0 Å². The summed E-state index contributed by atoms with van der Waals surface area (Å²) in [4.78, 5) is 0.0808. The van der Waals surface area contributed by atoms with Gasteiger partial charge in [-0.1, -0.05) is 20.8 Å². The average molecular weight is 303 g/mol. The molecule has 0 fully saturated rings. The fourth-order valence-corrected chi connectivity index (χ4v) is 4.60. The topological polar surface area (TPSA) is 79.5 Å². The van der Waals surface area contributed by atoms with Crippen molar-refractivity contribution in [2.45, 2.75) is 70.9 Å². The summed E-state index contributed by atoms with van der Waals surface area (Å²) in [6.45, 7) is 8.81. The lowest BCUT2D eigenvalue weighted by Crippen LogP contribution is -2.47. The van der Waals surface area contributed by atoms with E-state index in [1.165, 1.54) is 0 Å². The van der Waals surface area contributed by atoms with Crippen molar-refractivity contribution in [1.82, 2.24) is 4.72 Å². The van der Waals surface area contributed by atoms with E-state index in [9.17, 15) is 13.5 Å². The second kappa shape index (κ2) is 6.28. The molecule has 0 saturated carbocycles. The first-order chi connectivity index (χ1) is 9.26. The Bertz CT molecular complexity index is 548. The number of aliphatic hydroxyl groups is 1. The van der Waals surface area contributed by atoms with Crippen LogP contribution in [0.1, 0.15) is 57.1 Å². The first-order valence-corrected chi connectivity index (χ1v) is 8.48. The lowest BCUT2D eigenvalue weighted by atomic mass is 9.91. The molecule has 1 rings (SSSR count). The van der Waals surface area contributed by atoms with Crippen LogP contribution in [0.4, 0.5) is 0 Å². The quantitative estimate of drug-likeness (QED) is 0.811. The van der Waals surface area contributed by atoms with Crippen LogP contribution in [-0.4, -0.2) is 19.1 Å². The van der Waals surface area contributed by atoms with E-state index in [-0.39, 0.29) is 11.5 Å². The molecule has 0 aliphatic carbocycles. The van der Waals surface area contributed by atoms with Crippen LogP contribution in [0.2, 0.25) is 0 Å². The van der Waals surface area contributed by atoms with Gasteiger partial charge < -0.3 is 9.52 Å². The van der Waals surface area contributed by atoms with Gasteiger partial charge in [-0.05, 0) is 33.1 Å². The van der Waals surface area contributed by atoms with Crippen LogP contribution in [0, 0.1) is 13.8 Å². The van der Waals surface area contributed by atoms with Crippen LogP contribution < -0.4 is 4.72 Å². The van der Waals surface area contributed by atoms with Crippen molar-refractivity contribution in [3.05, 3.63) is 17.1 Å². The molecule has 0 atom stereocenters. The van der Waals surface area contributed by atoms with Crippen LogP contribution in [-0.2, 0) is 16.6 Å². The fraction of sp³-hybridized carbons (Fsp3) is 0.714. The van der Waals surface area contributed by atoms with E-state index in [1.54, 1.807) is 13.8 Å². The predicted octanol–water partition coefficient (Wildman–Crippen LogP) is 2.64. The third-order valence-corrected chi connectivity index (χ3v) is 5.91. The number of aliphatic hydroxyl groups excluding tert-OH is 1. The summed E-state index contributed by atoms with van der Waals surface area (Å²) in [5.74, 6) is 0.761. The van der Waals surface area contributed by atoms with Crippen molar-refractivity contribution in [2.75, 3.05) is 0 Å². The molecule has 20 heavy (non-hydrogen) atoms. The van der Waals surface area contributed by atoms with Gasteiger partial charge in [0.2, 0.25) is 10.0 Å². The molecule has 0 saturated heterocycles. The first kappa shape index (κ1) is 17.2. The highest BCUT2D eigenvalue weighted by molar-refractivity contribution is 7.89. The molecule has 0 bridgehead atoms. The first-order valence-electron chi connectivity index (χ1n) is 7.00. The lowest BCUT2D eigenvalue weighted by molar-refractivity contribution is 0.276. The average Bonchev–Trinajstić information content (AvgIpc) is 2.70. The summed E-state index contributed by atoms with van der Waals surface area (Å²) in [7, 11) is -3.71. The smallest absolute Gasteiger partial charge is 0.244 e. The van der Waals surface area contributed by atoms with Crippen LogP contribution in [0.15, 0.2) is 9.31 Å². The van der Waals surface area contributed by atoms with Gasteiger partial charge in [0.25, 0.3) is 0 Å². The molecule has 0 spiro atoms. The minimum atomic E-state index is -3.71. The lowest BCUT2D eigenvalue weighted by Gasteiger charge is -2.31. The van der Waals surface area contributed by atoms with Crippen molar-refractivity contribution in [2.24, 2.45) is 0 Å². The van der Waals surface area contributed by atoms with Gasteiger partial charge in [-0.25, -0.2) is 13.1 Å². The molecule has 1 heterocycles. The monoisotopic (exact) mass is 303 g/mol. The molecule has 0 amide bonds. The van der Waals surface area contributed by atoms with Gasteiger partial charge in [0.15, 0.2) is 0 Å². The van der Waals surface area contributed by atoms with Gasteiger partial charge in [-0.15, -0.1) is 0 Å². The van der Waals surface area contributed by atoms with E-state index in [1.807, 2.05) is 20.8 Å². The van der Waals surface area contributed by atoms with Gasteiger partial charge in [0.05, 0.1) is 6.61 Å². The van der Waals surface area contributed by atoms with E-state index in [0.29, 0.717) is 36.3 Å². The van der Waals surface area contributed by atoms with Crippen molar-refractivity contribution in [3.63, 3.8) is 0 Å². The van der Waals surface area contributed by atoms with Crippen molar-refractivity contribution in [1.29, 1.82) is 0 Å². The highest BCUT2D eigenvalue weighted by Gasteiger charge is 2.34. The van der Waals surface area contributed by atoms with Gasteiger partial charge in [0.1, 0.15) is 16.4 Å². The SMILES string of the molecule is CCC(CC)(CC)NS(=O)(=O)c1c(C)oc(C)c1CO. The van der Waals surface area contributed by atoms with Crippen LogP contribution >= 0.6 is 0 Å². The molecule has 6 heteroatoms. The molecule has 0 unspecified atom stereocenters. The van der Waals surface area contributed by atoms with Gasteiger partial charge in [-0.2, -0.15) is 0 Å². The number of aryl methyl sites for hydroxylation is 2. The minimum absolute atomic E-state index is 0.0808. The number of furan rings is 1. The minimum Gasteiger partial charge on any atom is -0.465 e. The number of hydrogen-bond acceptors (Lipinski definition) is 4.